The molecule has 0 aliphatic heterocycles. The zero-order valence-corrected chi connectivity index (χ0v) is 8.55. The molecule has 2 nitrogen and oxygen atoms in total. The number of aliphatic hydroxyl groups is 1. The van der Waals surface area contributed by atoms with Gasteiger partial charge in [-0.3, -0.25) is 4.79 Å². The molecule has 0 saturated heterocycles. The van der Waals surface area contributed by atoms with Gasteiger partial charge < -0.3 is 5.11 Å². The van der Waals surface area contributed by atoms with Crippen LogP contribution in [-0.2, 0) is 4.79 Å². The van der Waals surface area contributed by atoms with E-state index in [-0.39, 0.29) is 23.7 Å². The lowest BCUT2D eigenvalue weighted by molar-refractivity contribution is -0.127. The van der Waals surface area contributed by atoms with Crippen molar-refractivity contribution in [2.24, 2.45) is 11.3 Å². The zero-order chi connectivity index (χ0) is 9.78. The predicted molar refractivity (Wildman–Crippen MR) is 49.9 cm³/mol. The van der Waals surface area contributed by atoms with E-state index in [4.69, 9.17) is 5.11 Å². The Morgan fingerprint density at radius 3 is 2.17 bits per heavy atom. The van der Waals surface area contributed by atoms with Crippen molar-refractivity contribution in [3.63, 3.8) is 0 Å². The molecule has 1 atom stereocenters. The van der Waals surface area contributed by atoms with E-state index in [1.807, 2.05) is 27.7 Å². The average Bonchev–Trinajstić information content (AvgIpc) is 1.97. The highest BCUT2D eigenvalue weighted by atomic mass is 16.3. The van der Waals surface area contributed by atoms with Gasteiger partial charge >= 0.3 is 0 Å². The lowest BCUT2D eigenvalue weighted by Crippen LogP contribution is -2.23. The summed E-state index contributed by atoms with van der Waals surface area (Å²) in [5, 5.41) is 8.89. The molecule has 0 spiro atoms. The molecular weight excluding hydrogens is 152 g/mol. The van der Waals surface area contributed by atoms with E-state index in [0.29, 0.717) is 6.42 Å². The van der Waals surface area contributed by atoms with E-state index >= 15 is 0 Å². The van der Waals surface area contributed by atoms with Crippen molar-refractivity contribution >= 4 is 5.78 Å². The zero-order valence-electron chi connectivity index (χ0n) is 8.55. The minimum Gasteiger partial charge on any atom is -0.396 e. The van der Waals surface area contributed by atoms with Crippen LogP contribution in [0.1, 0.15) is 40.5 Å². The fourth-order valence-electron chi connectivity index (χ4n) is 0.906. The Hall–Kier alpha value is -0.370. The van der Waals surface area contributed by atoms with Crippen LogP contribution in [0.25, 0.3) is 0 Å². The second-order valence-electron chi connectivity index (χ2n) is 4.33. The molecule has 1 N–H and O–H groups in total. The second-order valence-corrected chi connectivity index (χ2v) is 4.33. The van der Waals surface area contributed by atoms with Crippen molar-refractivity contribution in [3.05, 3.63) is 0 Å². The van der Waals surface area contributed by atoms with E-state index in [2.05, 4.69) is 0 Å². The summed E-state index contributed by atoms with van der Waals surface area (Å²) >= 11 is 0. The van der Waals surface area contributed by atoms with Gasteiger partial charge in [0.2, 0.25) is 0 Å². The standard InChI is InChI=1S/C10H20O2/c1-5-8(7-11)6-9(12)10(2,3)4/h8,11H,5-7H2,1-4H3. The van der Waals surface area contributed by atoms with Crippen molar-refractivity contribution < 1.29 is 9.90 Å². The molecule has 0 amide bonds. The molecule has 2 heteroatoms. The van der Waals surface area contributed by atoms with Crippen molar-refractivity contribution in [3.8, 4) is 0 Å². The highest BCUT2D eigenvalue weighted by Crippen LogP contribution is 2.20. The van der Waals surface area contributed by atoms with Crippen LogP contribution in [0.4, 0.5) is 0 Å². The van der Waals surface area contributed by atoms with Crippen molar-refractivity contribution in [2.75, 3.05) is 6.61 Å². The maximum atomic E-state index is 11.5. The first kappa shape index (κ1) is 11.6. The summed E-state index contributed by atoms with van der Waals surface area (Å²) in [4.78, 5) is 11.5. The van der Waals surface area contributed by atoms with Crippen molar-refractivity contribution in [2.45, 2.75) is 40.5 Å². The monoisotopic (exact) mass is 172 g/mol. The molecule has 72 valence electrons. The maximum Gasteiger partial charge on any atom is 0.138 e. The minimum absolute atomic E-state index is 0.123. The highest BCUT2D eigenvalue weighted by molar-refractivity contribution is 5.83. The first-order valence-corrected chi connectivity index (χ1v) is 4.56. The van der Waals surface area contributed by atoms with Crippen LogP contribution < -0.4 is 0 Å². The Bertz CT molecular complexity index is 140. The van der Waals surface area contributed by atoms with Gasteiger partial charge in [-0.25, -0.2) is 0 Å². The molecule has 0 radical (unpaired) electrons. The first-order chi connectivity index (χ1) is 5.41. The van der Waals surface area contributed by atoms with Gasteiger partial charge in [-0.05, 0) is 5.92 Å². The van der Waals surface area contributed by atoms with Crippen LogP contribution in [-0.4, -0.2) is 17.5 Å². The smallest absolute Gasteiger partial charge is 0.138 e. The van der Waals surface area contributed by atoms with Crippen LogP contribution in [0.3, 0.4) is 0 Å². The molecule has 0 rings (SSSR count). The summed E-state index contributed by atoms with van der Waals surface area (Å²) in [6, 6.07) is 0. The third kappa shape index (κ3) is 3.86. The SMILES string of the molecule is CCC(CO)CC(=O)C(C)(C)C. The van der Waals surface area contributed by atoms with Crippen LogP contribution in [0.5, 0.6) is 0 Å². The van der Waals surface area contributed by atoms with Gasteiger partial charge in [0.05, 0.1) is 0 Å². The molecule has 0 aliphatic carbocycles. The number of carbonyl (C=O) groups excluding carboxylic acids is 1. The Balaban J connectivity index is 3.99. The molecular formula is C10H20O2. The van der Waals surface area contributed by atoms with Gasteiger partial charge in [0.15, 0.2) is 0 Å². The molecule has 0 saturated carbocycles. The molecule has 0 aromatic rings. The normalized spacial score (nSPS) is 14.4. The number of aliphatic hydroxyl groups excluding tert-OH is 1. The van der Waals surface area contributed by atoms with E-state index in [1.165, 1.54) is 0 Å². The van der Waals surface area contributed by atoms with Crippen LogP contribution in [0.2, 0.25) is 0 Å². The predicted octanol–water partition coefficient (Wildman–Crippen LogP) is 2.01. The number of carbonyl (C=O) groups is 1. The molecule has 0 fully saturated rings. The third-order valence-electron chi connectivity index (χ3n) is 2.15. The van der Waals surface area contributed by atoms with Crippen LogP contribution in [0, 0.1) is 11.3 Å². The Morgan fingerprint density at radius 2 is 1.92 bits per heavy atom. The molecule has 0 heterocycles. The maximum absolute atomic E-state index is 11.5. The quantitative estimate of drug-likeness (QED) is 0.704. The van der Waals surface area contributed by atoms with E-state index in [9.17, 15) is 4.79 Å². The molecule has 12 heavy (non-hydrogen) atoms. The summed E-state index contributed by atoms with van der Waals surface area (Å²) in [5.74, 6) is 0.389. The summed E-state index contributed by atoms with van der Waals surface area (Å²) in [6.07, 6.45) is 1.38. The summed E-state index contributed by atoms with van der Waals surface area (Å²) in [7, 11) is 0. The third-order valence-corrected chi connectivity index (χ3v) is 2.15. The second kappa shape index (κ2) is 4.61. The molecule has 0 aromatic carbocycles. The average molecular weight is 172 g/mol. The Labute approximate surface area is 75.0 Å². The molecule has 0 aromatic heterocycles. The number of ketones is 1. The summed E-state index contributed by atoms with van der Waals surface area (Å²) in [6.45, 7) is 7.87. The van der Waals surface area contributed by atoms with Gasteiger partial charge in [-0.1, -0.05) is 34.1 Å². The van der Waals surface area contributed by atoms with Crippen molar-refractivity contribution in [1.29, 1.82) is 0 Å². The number of rotatable bonds is 4. The van der Waals surface area contributed by atoms with Gasteiger partial charge in [0, 0.05) is 18.4 Å². The molecule has 1 unspecified atom stereocenters. The minimum atomic E-state index is -0.261. The molecule has 0 bridgehead atoms. The number of hydrogen-bond donors (Lipinski definition) is 1. The van der Waals surface area contributed by atoms with Gasteiger partial charge in [-0.2, -0.15) is 0 Å². The first-order valence-electron chi connectivity index (χ1n) is 4.56. The number of hydrogen-bond acceptors (Lipinski definition) is 2. The fraction of sp³-hybridized carbons (Fsp3) is 0.900. The highest BCUT2D eigenvalue weighted by Gasteiger charge is 2.23. The van der Waals surface area contributed by atoms with Crippen LogP contribution in [0.15, 0.2) is 0 Å². The lowest BCUT2D eigenvalue weighted by Gasteiger charge is -2.19. The summed E-state index contributed by atoms with van der Waals surface area (Å²) in [5.41, 5.74) is -0.261. The summed E-state index contributed by atoms with van der Waals surface area (Å²) < 4.78 is 0. The van der Waals surface area contributed by atoms with E-state index in [0.717, 1.165) is 6.42 Å². The van der Waals surface area contributed by atoms with Crippen molar-refractivity contribution in [1.82, 2.24) is 0 Å². The van der Waals surface area contributed by atoms with Crippen LogP contribution >= 0.6 is 0 Å². The van der Waals surface area contributed by atoms with Gasteiger partial charge in [0.25, 0.3) is 0 Å². The van der Waals surface area contributed by atoms with E-state index in [1.54, 1.807) is 0 Å². The fourth-order valence-corrected chi connectivity index (χ4v) is 0.906. The topological polar surface area (TPSA) is 37.3 Å². The lowest BCUT2D eigenvalue weighted by atomic mass is 9.85. The Kier molecular flexibility index (Phi) is 4.46. The van der Waals surface area contributed by atoms with E-state index < -0.39 is 0 Å². The van der Waals surface area contributed by atoms with Gasteiger partial charge in [0.1, 0.15) is 5.78 Å². The number of Topliss-reactive ketones (excluding diaryl/α,β-unsaturated/α-hetero) is 1. The largest absolute Gasteiger partial charge is 0.396 e. The molecule has 0 aliphatic rings. The Morgan fingerprint density at radius 1 is 1.42 bits per heavy atom. The van der Waals surface area contributed by atoms with Gasteiger partial charge in [-0.15, -0.1) is 0 Å².